The third-order valence-corrected chi connectivity index (χ3v) is 4.42. The lowest BCUT2D eigenvalue weighted by atomic mass is 9.91. The zero-order chi connectivity index (χ0) is 14.5. The van der Waals surface area contributed by atoms with Crippen LogP contribution >= 0.6 is 0 Å². The molecule has 110 valence electrons. The van der Waals surface area contributed by atoms with Crippen LogP contribution < -0.4 is 5.73 Å². The SMILES string of the molecule is CC[C@H](CC(=O)N1CC[C@@H](N)C[C@@H]1C)c1ccccc1. The van der Waals surface area contributed by atoms with E-state index in [1.54, 1.807) is 0 Å². The predicted octanol–water partition coefficient (Wildman–Crippen LogP) is 2.91. The highest BCUT2D eigenvalue weighted by atomic mass is 16.2. The number of likely N-dealkylation sites (tertiary alicyclic amines) is 1. The van der Waals surface area contributed by atoms with Crippen molar-refractivity contribution in [2.24, 2.45) is 5.73 Å². The van der Waals surface area contributed by atoms with E-state index in [2.05, 4.69) is 26.0 Å². The summed E-state index contributed by atoms with van der Waals surface area (Å²) in [5.74, 6) is 0.603. The fourth-order valence-electron chi connectivity index (χ4n) is 3.13. The monoisotopic (exact) mass is 274 g/mol. The average molecular weight is 274 g/mol. The summed E-state index contributed by atoms with van der Waals surface area (Å²) in [4.78, 5) is 14.6. The van der Waals surface area contributed by atoms with E-state index in [1.165, 1.54) is 5.56 Å². The van der Waals surface area contributed by atoms with Crippen molar-refractivity contribution in [2.45, 2.75) is 57.5 Å². The van der Waals surface area contributed by atoms with E-state index in [4.69, 9.17) is 5.73 Å². The van der Waals surface area contributed by atoms with Gasteiger partial charge >= 0.3 is 0 Å². The summed E-state index contributed by atoms with van der Waals surface area (Å²) in [6, 6.07) is 10.9. The summed E-state index contributed by atoms with van der Waals surface area (Å²) in [5.41, 5.74) is 7.24. The molecule has 0 saturated carbocycles. The summed E-state index contributed by atoms with van der Waals surface area (Å²) in [5, 5.41) is 0. The lowest BCUT2D eigenvalue weighted by molar-refractivity contribution is -0.135. The quantitative estimate of drug-likeness (QED) is 0.917. The fraction of sp³-hybridized carbons (Fsp3) is 0.588. The van der Waals surface area contributed by atoms with Crippen molar-refractivity contribution in [3.05, 3.63) is 35.9 Å². The molecule has 1 aromatic rings. The van der Waals surface area contributed by atoms with Crippen LogP contribution in [0, 0.1) is 0 Å². The van der Waals surface area contributed by atoms with E-state index in [9.17, 15) is 4.79 Å². The highest BCUT2D eigenvalue weighted by Gasteiger charge is 2.28. The van der Waals surface area contributed by atoms with Gasteiger partial charge in [-0.05, 0) is 37.7 Å². The molecule has 20 heavy (non-hydrogen) atoms. The highest BCUT2D eigenvalue weighted by Crippen LogP contribution is 2.26. The van der Waals surface area contributed by atoms with Crippen LogP contribution in [0.3, 0.4) is 0 Å². The summed E-state index contributed by atoms with van der Waals surface area (Å²) in [6.07, 6.45) is 3.46. The zero-order valence-electron chi connectivity index (χ0n) is 12.6. The van der Waals surface area contributed by atoms with Crippen molar-refractivity contribution in [3.8, 4) is 0 Å². The Balaban J connectivity index is 1.99. The first-order valence-electron chi connectivity index (χ1n) is 7.71. The maximum atomic E-state index is 12.5. The molecule has 1 saturated heterocycles. The molecule has 1 fully saturated rings. The number of carbonyl (C=O) groups excluding carboxylic acids is 1. The van der Waals surface area contributed by atoms with Gasteiger partial charge in [0.25, 0.3) is 0 Å². The van der Waals surface area contributed by atoms with Crippen LogP contribution in [0.5, 0.6) is 0 Å². The van der Waals surface area contributed by atoms with Crippen molar-refractivity contribution < 1.29 is 4.79 Å². The van der Waals surface area contributed by atoms with Gasteiger partial charge in [0.15, 0.2) is 0 Å². The van der Waals surface area contributed by atoms with Gasteiger partial charge in [-0.2, -0.15) is 0 Å². The Bertz CT molecular complexity index is 432. The van der Waals surface area contributed by atoms with Gasteiger partial charge < -0.3 is 10.6 Å². The van der Waals surface area contributed by atoms with E-state index >= 15 is 0 Å². The van der Waals surface area contributed by atoms with Crippen LogP contribution in [0.1, 0.15) is 51.0 Å². The number of nitrogens with zero attached hydrogens (tertiary/aromatic N) is 1. The molecular weight excluding hydrogens is 248 g/mol. The molecule has 1 aliphatic heterocycles. The van der Waals surface area contributed by atoms with Crippen molar-refractivity contribution in [1.82, 2.24) is 4.90 Å². The molecule has 3 heteroatoms. The maximum Gasteiger partial charge on any atom is 0.223 e. The Labute approximate surface area is 122 Å². The number of piperidine rings is 1. The average Bonchev–Trinajstić information content (AvgIpc) is 2.45. The third kappa shape index (κ3) is 3.60. The van der Waals surface area contributed by atoms with Gasteiger partial charge in [0, 0.05) is 25.0 Å². The number of benzene rings is 1. The standard InChI is InChI=1S/C17H26N2O/c1-3-14(15-7-5-4-6-8-15)12-17(20)19-10-9-16(18)11-13(19)2/h4-8,13-14,16H,3,9-12,18H2,1-2H3/t13-,14+,16+/m0/s1. The first kappa shape index (κ1) is 15.0. The summed E-state index contributed by atoms with van der Waals surface area (Å²) in [6.45, 7) is 5.08. The number of amides is 1. The molecule has 2 rings (SSSR count). The predicted molar refractivity (Wildman–Crippen MR) is 82.5 cm³/mol. The van der Waals surface area contributed by atoms with Gasteiger partial charge in [0.2, 0.25) is 5.91 Å². The molecule has 1 aromatic carbocycles. The van der Waals surface area contributed by atoms with Crippen LogP contribution in [-0.4, -0.2) is 29.4 Å². The fourth-order valence-corrected chi connectivity index (χ4v) is 3.13. The Hall–Kier alpha value is -1.35. The molecule has 0 aromatic heterocycles. The third-order valence-electron chi connectivity index (χ3n) is 4.42. The number of hydrogen-bond donors (Lipinski definition) is 1. The lowest BCUT2D eigenvalue weighted by Crippen LogP contribution is -2.48. The smallest absolute Gasteiger partial charge is 0.223 e. The summed E-state index contributed by atoms with van der Waals surface area (Å²) in [7, 11) is 0. The van der Waals surface area contributed by atoms with Crippen molar-refractivity contribution in [3.63, 3.8) is 0 Å². The molecule has 3 atom stereocenters. The minimum absolute atomic E-state index is 0.255. The number of nitrogens with two attached hydrogens (primary N) is 1. The number of rotatable bonds is 4. The van der Waals surface area contributed by atoms with Gasteiger partial charge in [-0.25, -0.2) is 0 Å². The molecule has 2 N–H and O–H groups in total. The van der Waals surface area contributed by atoms with E-state index in [0.717, 1.165) is 25.8 Å². The number of carbonyl (C=O) groups is 1. The molecule has 1 aliphatic rings. The van der Waals surface area contributed by atoms with Crippen LogP contribution in [0.4, 0.5) is 0 Å². The molecular formula is C17H26N2O. The second-order valence-corrected chi connectivity index (χ2v) is 5.94. The van der Waals surface area contributed by atoms with E-state index in [1.807, 2.05) is 23.1 Å². The van der Waals surface area contributed by atoms with Gasteiger partial charge in [0.1, 0.15) is 0 Å². The Morgan fingerprint density at radius 2 is 2.10 bits per heavy atom. The van der Waals surface area contributed by atoms with E-state index in [0.29, 0.717) is 12.3 Å². The van der Waals surface area contributed by atoms with E-state index in [-0.39, 0.29) is 18.0 Å². The molecule has 1 heterocycles. The number of hydrogen-bond acceptors (Lipinski definition) is 2. The zero-order valence-corrected chi connectivity index (χ0v) is 12.6. The van der Waals surface area contributed by atoms with Crippen LogP contribution in [0.25, 0.3) is 0 Å². The molecule has 0 aliphatic carbocycles. The summed E-state index contributed by atoms with van der Waals surface area (Å²) < 4.78 is 0. The van der Waals surface area contributed by atoms with Gasteiger partial charge in [-0.15, -0.1) is 0 Å². The minimum Gasteiger partial charge on any atom is -0.340 e. The Kier molecular flexibility index (Phi) is 5.18. The molecule has 3 nitrogen and oxygen atoms in total. The normalized spacial score (nSPS) is 24.4. The first-order valence-corrected chi connectivity index (χ1v) is 7.71. The Morgan fingerprint density at radius 3 is 2.70 bits per heavy atom. The molecule has 0 unspecified atom stereocenters. The molecule has 0 radical (unpaired) electrons. The topological polar surface area (TPSA) is 46.3 Å². The second kappa shape index (κ2) is 6.89. The summed E-state index contributed by atoms with van der Waals surface area (Å²) >= 11 is 0. The second-order valence-electron chi connectivity index (χ2n) is 5.94. The minimum atomic E-state index is 0.255. The highest BCUT2D eigenvalue weighted by molar-refractivity contribution is 5.77. The molecule has 1 amide bonds. The van der Waals surface area contributed by atoms with Crippen LogP contribution in [0.15, 0.2) is 30.3 Å². The molecule has 0 spiro atoms. The van der Waals surface area contributed by atoms with Crippen molar-refractivity contribution in [1.29, 1.82) is 0 Å². The van der Waals surface area contributed by atoms with Gasteiger partial charge in [-0.1, -0.05) is 37.3 Å². The maximum absolute atomic E-state index is 12.5. The van der Waals surface area contributed by atoms with Gasteiger partial charge in [0.05, 0.1) is 0 Å². The van der Waals surface area contributed by atoms with Crippen LogP contribution in [-0.2, 0) is 4.79 Å². The largest absolute Gasteiger partial charge is 0.340 e. The van der Waals surface area contributed by atoms with E-state index < -0.39 is 0 Å². The first-order chi connectivity index (χ1) is 9.61. The lowest BCUT2D eigenvalue weighted by Gasteiger charge is -2.37. The van der Waals surface area contributed by atoms with Crippen molar-refractivity contribution >= 4 is 5.91 Å². The van der Waals surface area contributed by atoms with Crippen LogP contribution in [0.2, 0.25) is 0 Å². The van der Waals surface area contributed by atoms with Gasteiger partial charge in [-0.3, -0.25) is 4.79 Å². The molecule has 0 bridgehead atoms. The van der Waals surface area contributed by atoms with Crippen molar-refractivity contribution in [2.75, 3.05) is 6.54 Å². The Morgan fingerprint density at radius 1 is 1.40 bits per heavy atom.